The van der Waals surface area contributed by atoms with Crippen molar-refractivity contribution in [1.29, 1.82) is 0 Å². The Bertz CT molecular complexity index is 624. The fourth-order valence-electron chi connectivity index (χ4n) is 1.37. The molecule has 0 atom stereocenters. The molecular weight excluding hydrogens is 399 g/mol. The van der Waals surface area contributed by atoms with Gasteiger partial charge in [0.2, 0.25) is 5.78 Å². The summed E-state index contributed by atoms with van der Waals surface area (Å²) < 4.78 is 6.33. The Hall–Kier alpha value is -0.920. The predicted octanol–water partition coefficient (Wildman–Crippen LogP) is 4.05. The maximum atomic E-state index is 11.8. The number of hydrogen-bond acceptors (Lipinski definition) is 4. The van der Waals surface area contributed by atoms with Crippen molar-refractivity contribution in [2.75, 3.05) is 6.61 Å². The molecule has 1 heterocycles. The molecule has 0 saturated carbocycles. The number of benzene rings is 1. The Morgan fingerprint density at radius 3 is 2.58 bits per heavy atom. The molecule has 0 fully saturated rings. The Balaban J connectivity index is 1.98. The van der Waals surface area contributed by atoms with Crippen LogP contribution in [0.4, 0.5) is 0 Å². The molecule has 0 spiro atoms. The number of carbonyl (C=O) groups is 2. The fourth-order valence-corrected chi connectivity index (χ4v) is 2.95. The monoisotopic (exact) mass is 406 g/mol. The molecule has 19 heavy (non-hydrogen) atoms. The van der Waals surface area contributed by atoms with Crippen LogP contribution in [0.1, 0.15) is 20.0 Å². The second-order valence-corrected chi connectivity index (χ2v) is 6.46. The number of esters is 1. The van der Waals surface area contributed by atoms with Gasteiger partial charge >= 0.3 is 5.97 Å². The summed E-state index contributed by atoms with van der Waals surface area (Å²) in [6.45, 7) is -0.277. The van der Waals surface area contributed by atoms with Crippen LogP contribution in [0.5, 0.6) is 0 Å². The van der Waals surface area contributed by atoms with Crippen LogP contribution in [0.2, 0.25) is 4.34 Å². The molecule has 0 aliphatic heterocycles. The standard InChI is InChI=1S/C13H8ClIO3S/c14-12-6-5-11(19-12)10(16)7-18-13(17)8-3-1-2-4-9(8)15/h1-6H,7H2. The second-order valence-electron chi connectivity index (χ2n) is 3.58. The van der Waals surface area contributed by atoms with E-state index >= 15 is 0 Å². The van der Waals surface area contributed by atoms with E-state index in [0.29, 0.717) is 14.8 Å². The minimum Gasteiger partial charge on any atom is -0.454 e. The first-order chi connectivity index (χ1) is 9.08. The van der Waals surface area contributed by atoms with Gasteiger partial charge in [-0.15, -0.1) is 11.3 Å². The third-order valence-corrected chi connectivity index (χ3v) is 4.49. The van der Waals surface area contributed by atoms with Crippen molar-refractivity contribution in [2.45, 2.75) is 0 Å². The average molecular weight is 407 g/mol. The lowest BCUT2D eigenvalue weighted by molar-refractivity contribution is 0.0475. The molecular formula is C13H8ClIO3S. The van der Waals surface area contributed by atoms with E-state index in [2.05, 4.69) is 0 Å². The number of thiophene rings is 1. The zero-order valence-corrected chi connectivity index (χ0v) is 13.3. The molecule has 0 saturated heterocycles. The third kappa shape index (κ3) is 3.77. The van der Waals surface area contributed by atoms with Crippen LogP contribution >= 0.6 is 45.5 Å². The molecule has 0 unspecified atom stereocenters. The van der Waals surface area contributed by atoms with Crippen molar-refractivity contribution >= 4 is 57.3 Å². The molecule has 0 radical (unpaired) electrons. The molecule has 0 bridgehead atoms. The van der Waals surface area contributed by atoms with E-state index in [9.17, 15) is 9.59 Å². The Morgan fingerprint density at radius 1 is 1.21 bits per heavy atom. The maximum absolute atomic E-state index is 11.8. The smallest absolute Gasteiger partial charge is 0.339 e. The van der Waals surface area contributed by atoms with E-state index in [4.69, 9.17) is 16.3 Å². The molecule has 1 aromatic carbocycles. The van der Waals surface area contributed by atoms with Gasteiger partial charge in [0.1, 0.15) is 0 Å². The van der Waals surface area contributed by atoms with Gasteiger partial charge in [0.25, 0.3) is 0 Å². The van der Waals surface area contributed by atoms with Gasteiger partial charge in [-0.2, -0.15) is 0 Å². The van der Waals surface area contributed by atoms with Crippen molar-refractivity contribution in [3.63, 3.8) is 0 Å². The quantitative estimate of drug-likeness (QED) is 0.437. The summed E-state index contributed by atoms with van der Waals surface area (Å²) >= 11 is 8.96. The van der Waals surface area contributed by atoms with Gasteiger partial charge in [0, 0.05) is 3.57 Å². The van der Waals surface area contributed by atoms with Crippen LogP contribution in [-0.4, -0.2) is 18.4 Å². The van der Waals surface area contributed by atoms with Crippen LogP contribution in [0.25, 0.3) is 0 Å². The second kappa shape index (κ2) is 6.49. The van der Waals surface area contributed by atoms with E-state index in [1.165, 1.54) is 11.3 Å². The normalized spacial score (nSPS) is 10.2. The first-order valence-electron chi connectivity index (χ1n) is 5.28. The lowest BCUT2D eigenvalue weighted by atomic mass is 10.2. The summed E-state index contributed by atoms with van der Waals surface area (Å²) in [6, 6.07) is 10.3. The van der Waals surface area contributed by atoms with Gasteiger partial charge < -0.3 is 4.74 Å². The topological polar surface area (TPSA) is 43.4 Å². The number of ketones is 1. The summed E-state index contributed by atoms with van der Waals surface area (Å²) in [5.74, 6) is -0.753. The summed E-state index contributed by atoms with van der Waals surface area (Å²) in [4.78, 5) is 24.0. The number of hydrogen-bond donors (Lipinski definition) is 0. The molecule has 2 aromatic rings. The predicted molar refractivity (Wildman–Crippen MR) is 83.1 cm³/mol. The van der Waals surface area contributed by atoms with Gasteiger partial charge in [0.05, 0.1) is 14.8 Å². The number of carbonyl (C=O) groups excluding carboxylic acids is 2. The summed E-state index contributed by atoms with van der Waals surface area (Å²) in [5.41, 5.74) is 0.458. The van der Waals surface area contributed by atoms with Crippen molar-refractivity contribution in [3.05, 3.63) is 54.7 Å². The third-order valence-electron chi connectivity index (χ3n) is 2.28. The fraction of sp³-hybridized carbons (Fsp3) is 0.0769. The van der Waals surface area contributed by atoms with Crippen LogP contribution < -0.4 is 0 Å². The van der Waals surface area contributed by atoms with Crippen LogP contribution in [0.15, 0.2) is 36.4 Å². The van der Waals surface area contributed by atoms with E-state index in [-0.39, 0.29) is 12.4 Å². The number of rotatable bonds is 4. The highest BCUT2D eigenvalue weighted by atomic mass is 127. The first-order valence-corrected chi connectivity index (χ1v) is 7.55. The first kappa shape index (κ1) is 14.5. The van der Waals surface area contributed by atoms with Crippen molar-refractivity contribution in [1.82, 2.24) is 0 Å². The highest BCUT2D eigenvalue weighted by Gasteiger charge is 2.15. The average Bonchev–Trinajstić information content (AvgIpc) is 2.83. The van der Waals surface area contributed by atoms with Gasteiger partial charge in [-0.05, 0) is 46.9 Å². The van der Waals surface area contributed by atoms with Crippen LogP contribution in [0.3, 0.4) is 0 Å². The van der Waals surface area contributed by atoms with Crippen LogP contribution in [0, 0.1) is 3.57 Å². The molecule has 0 N–H and O–H groups in total. The van der Waals surface area contributed by atoms with Crippen molar-refractivity contribution < 1.29 is 14.3 Å². The summed E-state index contributed by atoms with van der Waals surface area (Å²) in [7, 11) is 0. The molecule has 0 aliphatic carbocycles. The lowest BCUT2D eigenvalue weighted by Crippen LogP contribution is -2.14. The highest BCUT2D eigenvalue weighted by molar-refractivity contribution is 14.1. The van der Waals surface area contributed by atoms with E-state index in [1.54, 1.807) is 30.3 Å². The SMILES string of the molecule is O=C(COC(=O)c1ccccc1I)c1ccc(Cl)s1. The number of Topliss-reactive ketones (excluding diaryl/α,β-unsaturated/α-hetero) is 1. The maximum Gasteiger partial charge on any atom is 0.339 e. The molecule has 3 nitrogen and oxygen atoms in total. The Kier molecular flexibility index (Phi) is 4.95. The zero-order valence-electron chi connectivity index (χ0n) is 9.56. The molecule has 6 heteroatoms. The number of ether oxygens (including phenoxy) is 1. The largest absolute Gasteiger partial charge is 0.454 e. The van der Waals surface area contributed by atoms with Gasteiger partial charge in [-0.1, -0.05) is 23.7 Å². The summed E-state index contributed by atoms with van der Waals surface area (Å²) in [6.07, 6.45) is 0. The summed E-state index contributed by atoms with van der Waals surface area (Å²) in [5, 5.41) is 0. The zero-order chi connectivity index (χ0) is 13.8. The van der Waals surface area contributed by atoms with Gasteiger partial charge in [-0.3, -0.25) is 4.79 Å². The molecule has 0 aliphatic rings. The molecule has 1 aromatic heterocycles. The van der Waals surface area contributed by atoms with E-state index < -0.39 is 5.97 Å². The Labute approximate surface area is 132 Å². The number of halogens is 2. The van der Waals surface area contributed by atoms with Gasteiger partial charge in [-0.25, -0.2) is 4.79 Å². The lowest BCUT2D eigenvalue weighted by Gasteiger charge is -2.04. The Morgan fingerprint density at radius 2 is 1.95 bits per heavy atom. The van der Waals surface area contributed by atoms with E-state index in [1.807, 2.05) is 28.7 Å². The minimum atomic E-state index is -0.499. The molecule has 2 rings (SSSR count). The molecule has 98 valence electrons. The van der Waals surface area contributed by atoms with E-state index in [0.717, 1.165) is 3.57 Å². The minimum absolute atomic E-state index is 0.254. The van der Waals surface area contributed by atoms with Crippen molar-refractivity contribution in [3.8, 4) is 0 Å². The highest BCUT2D eigenvalue weighted by Crippen LogP contribution is 2.22. The molecule has 0 amide bonds. The van der Waals surface area contributed by atoms with Crippen molar-refractivity contribution in [2.24, 2.45) is 0 Å². The van der Waals surface area contributed by atoms with Crippen LogP contribution in [-0.2, 0) is 4.74 Å². The van der Waals surface area contributed by atoms with Gasteiger partial charge in [0.15, 0.2) is 6.61 Å².